The van der Waals surface area contributed by atoms with Crippen molar-refractivity contribution in [2.45, 2.75) is 64.7 Å². The Morgan fingerprint density at radius 3 is 2.95 bits per heavy atom. The zero-order valence-corrected chi connectivity index (χ0v) is 13.1. The van der Waals surface area contributed by atoms with E-state index in [2.05, 4.69) is 13.0 Å². The lowest BCUT2D eigenvalue weighted by molar-refractivity contribution is -0.133. The van der Waals surface area contributed by atoms with Crippen molar-refractivity contribution in [1.29, 1.82) is 0 Å². The number of allylic oxidation sites excluding steroid dienone is 1. The first kappa shape index (κ1) is 12.9. The van der Waals surface area contributed by atoms with E-state index in [1.165, 1.54) is 12.0 Å². The Balaban J connectivity index is 1.74. The van der Waals surface area contributed by atoms with Crippen LogP contribution < -0.4 is 0 Å². The zero-order chi connectivity index (χ0) is 15.5. The van der Waals surface area contributed by atoms with Crippen LogP contribution in [0.3, 0.4) is 0 Å². The van der Waals surface area contributed by atoms with Crippen molar-refractivity contribution >= 4 is 5.78 Å². The third kappa shape index (κ3) is 1.72. The number of carbonyl (C=O) groups is 1. The van der Waals surface area contributed by atoms with Crippen molar-refractivity contribution in [3.8, 4) is 0 Å². The molecule has 0 amide bonds. The summed E-state index contributed by atoms with van der Waals surface area (Å²) in [5.41, 5.74) is 0.967. The van der Waals surface area contributed by atoms with Crippen molar-refractivity contribution in [1.82, 2.24) is 0 Å². The maximum atomic E-state index is 12.4. The van der Waals surface area contributed by atoms with Crippen molar-refractivity contribution in [3.63, 3.8) is 0 Å². The van der Waals surface area contributed by atoms with Gasteiger partial charge in [0.05, 0.1) is 7.95 Å². The number of carbonyl (C=O) groups excluding carboxylic acids is 1. The molecule has 0 aliphatic heterocycles. The van der Waals surface area contributed by atoms with E-state index in [1.807, 2.05) is 0 Å². The minimum atomic E-state index is -0.992. The maximum absolute atomic E-state index is 12.4. The fraction of sp³-hybridized carbons (Fsp3) is 0.842. The minimum absolute atomic E-state index is 0.106. The average molecular weight is 289 g/mol. The summed E-state index contributed by atoms with van der Waals surface area (Å²) >= 11 is 0. The summed E-state index contributed by atoms with van der Waals surface area (Å²) in [7, 11) is 0. The fourth-order valence-corrected chi connectivity index (χ4v) is 6.45. The number of hydrogen-bond acceptors (Lipinski definition) is 2. The van der Waals surface area contributed by atoms with E-state index in [9.17, 15) is 9.90 Å². The van der Waals surface area contributed by atoms with Crippen molar-refractivity contribution < 1.29 is 11.3 Å². The van der Waals surface area contributed by atoms with E-state index in [0.717, 1.165) is 51.4 Å². The van der Waals surface area contributed by atoms with E-state index >= 15 is 0 Å². The monoisotopic (exact) mass is 289 g/mol. The molecule has 0 aromatic carbocycles. The molecule has 4 aliphatic rings. The molecule has 2 nitrogen and oxygen atoms in total. The van der Waals surface area contributed by atoms with Crippen LogP contribution in [-0.4, -0.2) is 17.5 Å². The first-order chi connectivity index (χ1) is 10.5. The molecule has 0 unspecified atom stereocenters. The van der Waals surface area contributed by atoms with Crippen LogP contribution in [0.1, 0.15) is 66.1 Å². The molecule has 1 N–H and O–H groups in total. The quantitative estimate of drug-likeness (QED) is 0.744. The van der Waals surface area contributed by atoms with Gasteiger partial charge in [0.15, 0.2) is 0 Å². The molecular formula is C19H28O2. The molecule has 0 aromatic heterocycles. The van der Waals surface area contributed by atoms with Gasteiger partial charge in [-0.15, -0.1) is 0 Å². The van der Waals surface area contributed by atoms with E-state index in [-0.39, 0.29) is 10.8 Å². The summed E-state index contributed by atoms with van der Waals surface area (Å²) in [4.78, 5) is 12.4. The number of fused-ring (bicyclic) bond motifs is 5. The Kier molecular flexibility index (Phi) is 2.87. The van der Waals surface area contributed by atoms with Gasteiger partial charge >= 0.3 is 0 Å². The summed E-state index contributed by atoms with van der Waals surface area (Å²) in [6.07, 6.45) is 11.5. The highest BCUT2D eigenvalue weighted by molar-refractivity contribution is 5.87. The van der Waals surface area contributed by atoms with Gasteiger partial charge in [-0.1, -0.05) is 18.6 Å². The number of hydrogen-bond donors (Lipinski definition) is 1. The second-order valence-corrected chi connectivity index (χ2v) is 8.12. The van der Waals surface area contributed by atoms with Gasteiger partial charge in [0.1, 0.15) is 5.78 Å². The van der Waals surface area contributed by atoms with Gasteiger partial charge < -0.3 is 5.11 Å². The molecule has 3 saturated carbocycles. The maximum Gasteiger partial charge on any atom is 0.139 e. The highest BCUT2D eigenvalue weighted by atomic mass is 16.3. The lowest BCUT2D eigenvalue weighted by Gasteiger charge is -2.57. The molecule has 21 heavy (non-hydrogen) atoms. The lowest BCUT2D eigenvalue weighted by Crippen LogP contribution is -2.52. The number of Topliss-reactive ketones (excluding diaryl/α,β-unsaturated/α-hetero) is 1. The first-order valence-corrected chi connectivity index (χ1v) is 8.83. The molecule has 4 aliphatic carbocycles. The van der Waals surface area contributed by atoms with Crippen LogP contribution in [0.2, 0.25) is 0 Å². The molecule has 0 heterocycles. The zero-order valence-electron chi connectivity index (χ0n) is 14.1. The van der Waals surface area contributed by atoms with Crippen LogP contribution in [0.15, 0.2) is 11.6 Å². The molecule has 2 heteroatoms. The van der Waals surface area contributed by atoms with Gasteiger partial charge in [0, 0.05) is 17.3 Å². The molecule has 0 radical (unpaired) electrons. The van der Waals surface area contributed by atoms with Gasteiger partial charge in [-0.25, -0.2) is 0 Å². The van der Waals surface area contributed by atoms with Gasteiger partial charge in [0.2, 0.25) is 0 Å². The van der Waals surface area contributed by atoms with Gasteiger partial charge in [-0.05, 0) is 69.1 Å². The van der Waals surface area contributed by atoms with Gasteiger partial charge in [0.25, 0.3) is 0 Å². The third-order valence-electron chi connectivity index (χ3n) is 7.57. The Labute approximate surface area is 129 Å². The van der Waals surface area contributed by atoms with Crippen molar-refractivity contribution in [2.24, 2.45) is 28.6 Å². The molecule has 6 atom stereocenters. The number of aliphatic hydroxyl groups excluding tert-OH is 1. The molecule has 116 valence electrons. The van der Waals surface area contributed by atoms with E-state index in [0.29, 0.717) is 23.5 Å². The summed E-state index contributed by atoms with van der Waals surface area (Å²) in [6, 6.07) is 0. The van der Waals surface area contributed by atoms with Gasteiger partial charge in [-0.2, -0.15) is 0 Å². The SMILES string of the molecule is [2H][C@@H](O)[C@]12CCCC=C1CC[C@@H]1[C@@H]2CC[C@]2(C)C(=O)CC[C@@H]12. The predicted octanol–water partition coefficient (Wildman–Crippen LogP) is 3.88. The third-order valence-corrected chi connectivity index (χ3v) is 7.57. The molecule has 0 spiro atoms. The molecule has 0 aromatic rings. The smallest absolute Gasteiger partial charge is 0.139 e. The molecular weight excluding hydrogens is 260 g/mol. The molecule has 3 fully saturated rings. The van der Waals surface area contributed by atoms with Crippen LogP contribution in [0.4, 0.5) is 0 Å². The average Bonchev–Trinajstić information content (AvgIpc) is 2.82. The number of ketones is 1. The van der Waals surface area contributed by atoms with Crippen LogP contribution in [0.5, 0.6) is 0 Å². The van der Waals surface area contributed by atoms with Crippen LogP contribution in [0.25, 0.3) is 0 Å². The highest BCUT2D eigenvalue weighted by Crippen LogP contribution is 2.64. The largest absolute Gasteiger partial charge is 0.395 e. The van der Waals surface area contributed by atoms with E-state index in [1.54, 1.807) is 0 Å². The second-order valence-electron chi connectivity index (χ2n) is 8.12. The Bertz CT molecular complexity index is 526. The van der Waals surface area contributed by atoms with Crippen LogP contribution in [-0.2, 0) is 4.79 Å². The lowest BCUT2D eigenvalue weighted by atomic mass is 9.47. The van der Waals surface area contributed by atoms with Gasteiger partial charge in [-0.3, -0.25) is 4.79 Å². The Hall–Kier alpha value is -0.630. The minimum Gasteiger partial charge on any atom is -0.395 e. The topological polar surface area (TPSA) is 37.3 Å². The Morgan fingerprint density at radius 1 is 1.29 bits per heavy atom. The summed E-state index contributed by atoms with van der Waals surface area (Å²) in [5, 5.41) is 10.4. The molecule has 0 saturated heterocycles. The predicted molar refractivity (Wildman–Crippen MR) is 82.7 cm³/mol. The summed E-state index contributed by atoms with van der Waals surface area (Å²) in [5.74, 6) is 1.93. The summed E-state index contributed by atoms with van der Waals surface area (Å²) in [6.45, 7) is 1.20. The van der Waals surface area contributed by atoms with Crippen LogP contribution >= 0.6 is 0 Å². The standard InChI is InChI=1S/C19H28O2/c1-18-11-9-16-14(15(18)7-8-17(18)21)6-5-13-4-2-3-10-19(13,16)12-20/h4,14-16,20H,2-3,5-12H2,1H3/t14-,15-,16-,18-,19+/m0/s1/i12D/t12-,14+,15+,16+,18+,19-/m1. The second kappa shape index (κ2) is 4.68. The Morgan fingerprint density at radius 2 is 2.14 bits per heavy atom. The van der Waals surface area contributed by atoms with Crippen LogP contribution in [0, 0.1) is 28.6 Å². The number of aliphatic hydroxyl groups is 1. The summed E-state index contributed by atoms with van der Waals surface area (Å²) < 4.78 is 8.24. The van der Waals surface area contributed by atoms with Crippen molar-refractivity contribution in [3.05, 3.63) is 11.6 Å². The molecule has 4 rings (SSSR count). The first-order valence-electron chi connectivity index (χ1n) is 9.41. The van der Waals surface area contributed by atoms with E-state index < -0.39 is 6.58 Å². The fourth-order valence-electron chi connectivity index (χ4n) is 6.45. The molecule has 0 bridgehead atoms. The van der Waals surface area contributed by atoms with E-state index in [4.69, 9.17) is 1.37 Å². The van der Waals surface area contributed by atoms with Crippen molar-refractivity contribution in [2.75, 3.05) is 6.58 Å². The normalized spacial score (nSPS) is 51.3. The number of rotatable bonds is 1. The highest BCUT2D eigenvalue weighted by Gasteiger charge is 2.59.